The van der Waals surface area contributed by atoms with Gasteiger partial charge in [0.1, 0.15) is 67.1 Å². The summed E-state index contributed by atoms with van der Waals surface area (Å²) in [6.45, 7) is 9.42. The topological polar surface area (TPSA) is 287 Å². The van der Waals surface area contributed by atoms with Gasteiger partial charge in [0, 0.05) is 12.3 Å². The maximum atomic E-state index is 12.0. The molecule has 0 aromatic rings. The van der Waals surface area contributed by atoms with Gasteiger partial charge in [-0.05, 0) is 98.7 Å². The van der Waals surface area contributed by atoms with E-state index in [1.54, 1.807) is 0 Å². The summed E-state index contributed by atoms with van der Waals surface area (Å²) in [6, 6.07) is 0. The van der Waals surface area contributed by atoms with Crippen molar-refractivity contribution in [2.75, 3.05) is 19.8 Å². The largest absolute Gasteiger partial charge is 0.394 e. The van der Waals surface area contributed by atoms with E-state index in [4.69, 9.17) is 33.2 Å². The quantitative estimate of drug-likeness (QED) is 0.107. The fourth-order valence-corrected chi connectivity index (χ4v) is 13.5. The summed E-state index contributed by atoms with van der Waals surface area (Å²) in [7, 11) is 0. The minimum Gasteiger partial charge on any atom is -0.394 e. The first-order chi connectivity index (χ1) is 29.8. The molecule has 4 saturated heterocycles. The molecule has 11 N–H and O–H groups in total. The Kier molecular flexibility index (Phi) is 14.2. The number of hydrogen-bond donors (Lipinski definition) is 11. The van der Waals surface area contributed by atoms with E-state index >= 15 is 0 Å². The molecule has 0 aromatic carbocycles. The van der Waals surface area contributed by atoms with E-state index in [0.717, 1.165) is 32.1 Å². The van der Waals surface area contributed by atoms with Crippen molar-refractivity contribution in [1.29, 1.82) is 0 Å². The van der Waals surface area contributed by atoms with Crippen LogP contribution in [-0.4, -0.2) is 186 Å². The zero-order valence-corrected chi connectivity index (χ0v) is 37.1. The van der Waals surface area contributed by atoms with Crippen LogP contribution in [-0.2, 0) is 33.2 Å². The van der Waals surface area contributed by atoms with Gasteiger partial charge in [-0.25, -0.2) is 0 Å². The zero-order valence-electron chi connectivity index (χ0n) is 37.1. The van der Waals surface area contributed by atoms with E-state index in [9.17, 15) is 56.2 Å². The first kappa shape index (κ1) is 48.5. The molecule has 8 aliphatic rings. The summed E-state index contributed by atoms with van der Waals surface area (Å²) in [5.74, 6) is 0.121. The van der Waals surface area contributed by atoms with E-state index < -0.39 is 111 Å². The predicted octanol–water partition coefficient (Wildman–Crippen LogP) is -0.831. The maximum absolute atomic E-state index is 12.0. The summed E-state index contributed by atoms with van der Waals surface area (Å²) >= 11 is 0. The number of ether oxygens (including phenoxy) is 7. The van der Waals surface area contributed by atoms with Crippen LogP contribution in [0.1, 0.15) is 92.4 Å². The molecular formula is C45H74O18. The van der Waals surface area contributed by atoms with Crippen LogP contribution >= 0.6 is 0 Å². The van der Waals surface area contributed by atoms with Crippen molar-refractivity contribution in [3.8, 4) is 0 Å². The molecule has 4 heterocycles. The van der Waals surface area contributed by atoms with Crippen LogP contribution < -0.4 is 0 Å². The second kappa shape index (κ2) is 18.5. The molecule has 18 heteroatoms. The fraction of sp³-hybridized carbons (Fsp3) is 0.956. The third kappa shape index (κ3) is 8.51. The first-order valence-corrected chi connectivity index (χ1v) is 23.4. The van der Waals surface area contributed by atoms with Crippen molar-refractivity contribution < 1.29 is 89.3 Å². The van der Waals surface area contributed by atoms with Crippen LogP contribution in [0.3, 0.4) is 0 Å². The van der Waals surface area contributed by atoms with Crippen molar-refractivity contribution in [1.82, 2.24) is 0 Å². The Labute approximate surface area is 369 Å². The van der Waals surface area contributed by atoms with Gasteiger partial charge in [0.05, 0.1) is 38.1 Å². The lowest BCUT2D eigenvalue weighted by molar-refractivity contribution is -0.360. The van der Waals surface area contributed by atoms with Crippen LogP contribution in [0, 0.1) is 46.3 Å². The maximum Gasteiger partial charge on any atom is 0.187 e. The van der Waals surface area contributed by atoms with Crippen molar-refractivity contribution in [2.45, 2.75) is 203 Å². The van der Waals surface area contributed by atoms with E-state index in [1.165, 1.54) is 12.5 Å². The molecule has 8 rings (SSSR count). The third-order valence-electron chi connectivity index (χ3n) is 17.4. The van der Waals surface area contributed by atoms with E-state index in [-0.39, 0.29) is 47.4 Å². The lowest BCUT2D eigenvalue weighted by atomic mass is 9.47. The molecule has 4 aliphatic heterocycles. The molecular weight excluding hydrogens is 828 g/mol. The molecule has 26 atom stereocenters. The smallest absolute Gasteiger partial charge is 0.187 e. The molecule has 3 saturated carbocycles. The molecule has 0 radical (unpaired) electrons. The Bertz CT molecular complexity index is 1600. The highest BCUT2D eigenvalue weighted by Gasteiger charge is 2.68. The highest BCUT2D eigenvalue weighted by Crippen LogP contribution is 2.70. The second-order valence-electron chi connectivity index (χ2n) is 21.0. The summed E-state index contributed by atoms with van der Waals surface area (Å²) in [6.07, 6.45) is -11.3. The Morgan fingerprint density at radius 2 is 1.40 bits per heavy atom. The summed E-state index contributed by atoms with van der Waals surface area (Å²) < 4.78 is 41.6. The molecule has 4 aliphatic carbocycles. The Morgan fingerprint density at radius 1 is 0.746 bits per heavy atom. The van der Waals surface area contributed by atoms with Crippen LogP contribution in [0.5, 0.6) is 0 Å². The van der Waals surface area contributed by atoms with Crippen molar-refractivity contribution in [2.24, 2.45) is 46.3 Å². The van der Waals surface area contributed by atoms with Gasteiger partial charge in [-0.3, -0.25) is 0 Å². The van der Waals surface area contributed by atoms with Gasteiger partial charge in [0.15, 0.2) is 24.7 Å². The minimum atomic E-state index is -1.64. The monoisotopic (exact) mass is 902 g/mol. The van der Waals surface area contributed by atoms with E-state index in [0.29, 0.717) is 43.4 Å². The average Bonchev–Trinajstić information content (AvgIpc) is 3.70. The molecule has 0 amide bonds. The Balaban J connectivity index is 0.852. The van der Waals surface area contributed by atoms with E-state index in [2.05, 4.69) is 26.8 Å². The molecule has 0 spiro atoms. The van der Waals surface area contributed by atoms with Crippen LogP contribution in [0.2, 0.25) is 0 Å². The highest BCUT2D eigenvalue weighted by molar-refractivity contribution is 5.26. The number of rotatable bonds is 12. The van der Waals surface area contributed by atoms with Gasteiger partial charge < -0.3 is 89.3 Å². The fourth-order valence-electron chi connectivity index (χ4n) is 13.5. The minimum absolute atomic E-state index is 0.00377. The standard InChI is InChI=1S/C45H74O18/c1-19(18-57-40-36(53)34(51)32(49)28(16-46)60-40)8-13-45(56)20(2)30-27(63-45)15-26-24-7-6-22-14-23(9-11-43(22,4)25(24)10-12-44(26,30)5)59-42-38(55)35(52)39(29(17-47)61-42)62-41-37(54)33(50)31(48)21(3)58-41/h6,19-21,23-42,46-56H,7-18H2,1-5H3/t19-,20+,21+,23+,24-,25+,26+,27+,28-,29-,30+,31+,32-,33-,34+,35-,36-,37-,38-,39-,40-,41+,42-,43+,44+,45-/m1/s1. The molecule has 0 unspecified atom stereocenters. The van der Waals surface area contributed by atoms with Crippen molar-refractivity contribution in [3.63, 3.8) is 0 Å². The molecule has 18 nitrogen and oxygen atoms in total. The van der Waals surface area contributed by atoms with Gasteiger partial charge in [-0.15, -0.1) is 0 Å². The van der Waals surface area contributed by atoms with Gasteiger partial charge in [-0.2, -0.15) is 0 Å². The SMILES string of the molecule is C[C@H](CC[C@@]1(O)O[C@H]2C[C@H]3[C@@H]4CC=C5C[C@@H](O[C@@H]6O[C@H](CO)[C@@H](O[C@@H]7O[C@@H](C)[C@H](O)[C@@H](O)[C@H]7O)[C@H](O)[C@H]6O)CC[C@]5(C)[C@H]4CC[C@]3(C)[C@H]2[C@@H]1C)CO[C@@H]1O[C@H](CO)[C@@H](O)[C@H](O)[C@H]1O. The van der Waals surface area contributed by atoms with E-state index in [1.807, 2.05) is 6.92 Å². The molecule has 0 bridgehead atoms. The van der Waals surface area contributed by atoms with Crippen LogP contribution in [0.25, 0.3) is 0 Å². The lowest BCUT2D eigenvalue weighted by Gasteiger charge is -2.58. The number of aliphatic hydroxyl groups is 11. The van der Waals surface area contributed by atoms with Crippen molar-refractivity contribution >= 4 is 0 Å². The number of allylic oxidation sites excluding steroid dienone is 1. The number of fused-ring (bicyclic) bond motifs is 7. The summed E-state index contributed by atoms with van der Waals surface area (Å²) in [4.78, 5) is 0. The molecule has 7 fully saturated rings. The average molecular weight is 903 g/mol. The van der Waals surface area contributed by atoms with Gasteiger partial charge in [0.2, 0.25) is 0 Å². The Hall–Kier alpha value is -0.980. The molecule has 362 valence electrons. The van der Waals surface area contributed by atoms with Gasteiger partial charge >= 0.3 is 0 Å². The number of hydrogen-bond acceptors (Lipinski definition) is 18. The number of aliphatic hydroxyl groups excluding tert-OH is 10. The lowest BCUT2D eigenvalue weighted by Crippen LogP contribution is -2.64. The Morgan fingerprint density at radius 3 is 2.11 bits per heavy atom. The molecule has 63 heavy (non-hydrogen) atoms. The van der Waals surface area contributed by atoms with Crippen LogP contribution in [0.4, 0.5) is 0 Å². The summed E-state index contributed by atoms with van der Waals surface area (Å²) in [5, 5.41) is 115. The van der Waals surface area contributed by atoms with Gasteiger partial charge in [0.25, 0.3) is 0 Å². The highest BCUT2D eigenvalue weighted by atomic mass is 16.7. The summed E-state index contributed by atoms with van der Waals surface area (Å²) in [5.41, 5.74) is 1.28. The third-order valence-corrected chi connectivity index (χ3v) is 17.4. The molecule has 0 aromatic heterocycles. The normalized spacial score (nSPS) is 55.0. The van der Waals surface area contributed by atoms with Crippen LogP contribution in [0.15, 0.2) is 11.6 Å². The predicted molar refractivity (Wildman–Crippen MR) is 218 cm³/mol. The van der Waals surface area contributed by atoms with Gasteiger partial charge in [-0.1, -0.05) is 39.3 Å². The first-order valence-electron chi connectivity index (χ1n) is 23.4. The van der Waals surface area contributed by atoms with Crippen molar-refractivity contribution in [3.05, 3.63) is 11.6 Å². The zero-order chi connectivity index (χ0) is 45.5. The second-order valence-corrected chi connectivity index (χ2v) is 21.0.